The summed E-state index contributed by atoms with van der Waals surface area (Å²) < 4.78 is 30.2. The maximum Gasteiger partial charge on any atom is 0.240 e. The van der Waals surface area contributed by atoms with E-state index in [9.17, 15) is 13.2 Å². The van der Waals surface area contributed by atoms with Gasteiger partial charge in [0.25, 0.3) is 0 Å². The second kappa shape index (κ2) is 6.51. The third-order valence-corrected chi connectivity index (χ3v) is 6.67. The molecule has 138 valence electrons. The third-order valence-electron chi connectivity index (χ3n) is 5.25. The molecule has 0 saturated heterocycles. The van der Waals surface area contributed by atoms with Crippen LogP contribution >= 0.6 is 0 Å². The number of imidazole rings is 1. The molecule has 4 rings (SSSR count). The number of aromatic nitrogens is 2. The van der Waals surface area contributed by atoms with Gasteiger partial charge in [0.1, 0.15) is 5.82 Å². The number of anilines is 1. The van der Waals surface area contributed by atoms with Crippen LogP contribution in [-0.4, -0.2) is 37.0 Å². The van der Waals surface area contributed by atoms with Gasteiger partial charge in [-0.3, -0.25) is 4.79 Å². The minimum Gasteiger partial charge on any atom is -0.335 e. The number of nitrogens with one attached hydrogen (secondary N) is 1. The maximum absolute atomic E-state index is 12.7. The summed E-state index contributed by atoms with van der Waals surface area (Å²) in [4.78, 5) is 17.9. The maximum atomic E-state index is 12.7. The summed E-state index contributed by atoms with van der Waals surface area (Å²) in [6.07, 6.45) is 6.15. The Labute approximate surface area is 153 Å². The van der Waals surface area contributed by atoms with Crippen molar-refractivity contribution in [3.63, 3.8) is 0 Å². The van der Waals surface area contributed by atoms with Crippen molar-refractivity contribution in [3.05, 3.63) is 42.0 Å². The Morgan fingerprint density at radius 3 is 3.00 bits per heavy atom. The number of hydrogen-bond donors (Lipinski definition) is 1. The van der Waals surface area contributed by atoms with Gasteiger partial charge in [-0.1, -0.05) is 0 Å². The molecule has 8 heteroatoms. The summed E-state index contributed by atoms with van der Waals surface area (Å²) in [5, 5.41) is 0. The van der Waals surface area contributed by atoms with Crippen LogP contribution in [0.25, 0.3) is 0 Å². The van der Waals surface area contributed by atoms with Gasteiger partial charge in [0.05, 0.1) is 4.90 Å². The molecule has 1 aromatic carbocycles. The molecule has 1 N–H and O–H groups in total. The lowest BCUT2D eigenvalue weighted by atomic mass is 9.98. The zero-order valence-corrected chi connectivity index (χ0v) is 15.5. The average Bonchev–Trinajstić information content (AvgIpc) is 3.25. The molecule has 1 atom stereocenters. The van der Waals surface area contributed by atoms with E-state index in [2.05, 4.69) is 14.3 Å². The van der Waals surface area contributed by atoms with Gasteiger partial charge in [0.15, 0.2) is 0 Å². The van der Waals surface area contributed by atoms with Gasteiger partial charge in [-0.15, -0.1) is 0 Å². The molecule has 0 unspecified atom stereocenters. The molecule has 0 aliphatic carbocycles. The summed E-state index contributed by atoms with van der Waals surface area (Å²) in [6, 6.07) is 5.00. The summed E-state index contributed by atoms with van der Waals surface area (Å²) in [5.41, 5.74) is 1.72. The predicted octanol–water partition coefficient (Wildman–Crippen LogP) is 1.33. The molecular formula is C18H22N4O3S. The van der Waals surface area contributed by atoms with E-state index >= 15 is 0 Å². The van der Waals surface area contributed by atoms with Crippen LogP contribution in [0.1, 0.15) is 24.7 Å². The quantitative estimate of drug-likeness (QED) is 0.875. The predicted molar refractivity (Wildman–Crippen MR) is 97.4 cm³/mol. The number of carbonyl (C=O) groups excluding carboxylic acids is 1. The highest BCUT2D eigenvalue weighted by Gasteiger charge is 2.26. The molecule has 0 fully saturated rings. The van der Waals surface area contributed by atoms with Crippen molar-refractivity contribution in [3.8, 4) is 0 Å². The largest absolute Gasteiger partial charge is 0.335 e. The number of benzene rings is 1. The Morgan fingerprint density at radius 1 is 1.35 bits per heavy atom. The van der Waals surface area contributed by atoms with Gasteiger partial charge < -0.3 is 9.47 Å². The van der Waals surface area contributed by atoms with Crippen molar-refractivity contribution in [1.82, 2.24) is 14.3 Å². The fraction of sp³-hybridized carbons (Fsp3) is 0.444. The SMILES string of the molecule is CC(=O)N1CCc2cc(S(=O)(=O)NC[C@@H]3CCn4ccnc4C3)ccc21. The molecule has 0 bridgehead atoms. The molecule has 7 nitrogen and oxygen atoms in total. The zero-order chi connectivity index (χ0) is 18.3. The van der Waals surface area contributed by atoms with Crippen molar-refractivity contribution in [2.45, 2.75) is 37.6 Å². The fourth-order valence-corrected chi connectivity index (χ4v) is 4.94. The van der Waals surface area contributed by atoms with Crippen LogP contribution in [0.3, 0.4) is 0 Å². The van der Waals surface area contributed by atoms with Crippen molar-refractivity contribution < 1.29 is 13.2 Å². The Kier molecular flexibility index (Phi) is 4.32. The van der Waals surface area contributed by atoms with Crippen LogP contribution in [0, 0.1) is 5.92 Å². The number of sulfonamides is 1. The van der Waals surface area contributed by atoms with Gasteiger partial charge in [-0.2, -0.15) is 0 Å². The number of aryl methyl sites for hydroxylation is 1. The second-order valence-electron chi connectivity index (χ2n) is 6.96. The number of hydrogen-bond acceptors (Lipinski definition) is 4. The van der Waals surface area contributed by atoms with Crippen LogP contribution < -0.4 is 9.62 Å². The van der Waals surface area contributed by atoms with Crippen molar-refractivity contribution in [1.29, 1.82) is 0 Å². The molecule has 3 heterocycles. The number of carbonyl (C=O) groups is 1. The number of fused-ring (bicyclic) bond motifs is 2. The highest BCUT2D eigenvalue weighted by atomic mass is 32.2. The van der Waals surface area contributed by atoms with E-state index in [0.29, 0.717) is 19.5 Å². The summed E-state index contributed by atoms with van der Waals surface area (Å²) in [5.74, 6) is 1.25. The van der Waals surface area contributed by atoms with E-state index in [4.69, 9.17) is 0 Å². The number of nitrogens with zero attached hydrogens (tertiary/aromatic N) is 3. The smallest absolute Gasteiger partial charge is 0.240 e. The zero-order valence-electron chi connectivity index (χ0n) is 14.7. The van der Waals surface area contributed by atoms with E-state index < -0.39 is 10.0 Å². The Bertz CT molecular complexity index is 951. The van der Waals surface area contributed by atoms with Gasteiger partial charge in [-0.05, 0) is 42.5 Å². The van der Waals surface area contributed by atoms with Crippen molar-refractivity contribution in [2.24, 2.45) is 5.92 Å². The van der Waals surface area contributed by atoms with Crippen LogP contribution in [0.5, 0.6) is 0 Å². The highest BCUT2D eigenvalue weighted by Crippen LogP contribution is 2.30. The number of amides is 1. The molecule has 2 aliphatic heterocycles. The van der Waals surface area contributed by atoms with Crippen LogP contribution in [-0.2, 0) is 34.2 Å². The van der Waals surface area contributed by atoms with Gasteiger partial charge in [0, 0.05) is 51.1 Å². The first-order valence-corrected chi connectivity index (χ1v) is 10.3. The minimum absolute atomic E-state index is 0.0202. The van der Waals surface area contributed by atoms with E-state index in [1.807, 2.05) is 6.20 Å². The first kappa shape index (κ1) is 17.2. The number of rotatable bonds is 4. The molecule has 2 aliphatic rings. The van der Waals surface area contributed by atoms with Crippen LogP contribution in [0.15, 0.2) is 35.5 Å². The fourth-order valence-electron chi connectivity index (χ4n) is 3.77. The minimum atomic E-state index is -3.56. The van der Waals surface area contributed by atoms with Crippen LogP contribution in [0.2, 0.25) is 0 Å². The molecule has 2 aromatic rings. The normalized spacial score (nSPS) is 19.3. The van der Waals surface area contributed by atoms with E-state index in [1.54, 1.807) is 29.3 Å². The van der Waals surface area contributed by atoms with Crippen LogP contribution in [0.4, 0.5) is 5.69 Å². The van der Waals surface area contributed by atoms with Gasteiger partial charge in [0.2, 0.25) is 15.9 Å². The van der Waals surface area contributed by atoms with Gasteiger partial charge >= 0.3 is 0 Å². The van der Waals surface area contributed by atoms with Crippen molar-refractivity contribution in [2.75, 3.05) is 18.0 Å². The van der Waals surface area contributed by atoms with E-state index in [1.165, 1.54) is 6.92 Å². The van der Waals surface area contributed by atoms with Gasteiger partial charge in [-0.25, -0.2) is 18.1 Å². The summed E-state index contributed by atoms with van der Waals surface area (Å²) in [7, 11) is -3.56. The summed E-state index contributed by atoms with van der Waals surface area (Å²) >= 11 is 0. The molecule has 1 aromatic heterocycles. The molecule has 1 amide bonds. The lowest BCUT2D eigenvalue weighted by molar-refractivity contribution is -0.116. The first-order chi connectivity index (χ1) is 12.4. The average molecular weight is 374 g/mol. The molecular weight excluding hydrogens is 352 g/mol. The van der Waals surface area contributed by atoms with E-state index in [0.717, 1.165) is 36.5 Å². The molecule has 26 heavy (non-hydrogen) atoms. The van der Waals surface area contributed by atoms with E-state index in [-0.39, 0.29) is 16.7 Å². The Balaban J connectivity index is 1.45. The lowest BCUT2D eigenvalue weighted by Gasteiger charge is -2.23. The lowest BCUT2D eigenvalue weighted by Crippen LogP contribution is -2.33. The topological polar surface area (TPSA) is 84.3 Å². The Morgan fingerprint density at radius 2 is 2.19 bits per heavy atom. The summed E-state index contributed by atoms with van der Waals surface area (Å²) in [6.45, 7) is 3.42. The highest BCUT2D eigenvalue weighted by molar-refractivity contribution is 7.89. The molecule has 0 spiro atoms. The standard InChI is InChI=1S/C18H22N4O3S/c1-13(23)22-8-5-15-11-16(2-3-17(15)22)26(24,25)20-12-14-4-7-21-9-6-19-18(21)10-14/h2-3,6,9,11,14,20H,4-5,7-8,10,12H2,1H3/t14-/m1/s1. The first-order valence-electron chi connectivity index (χ1n) is 8.85. The van der Waals surface area contributed by atoms with Crippen molar-refractivity contribution >= 4 is 21.6 Å². The molecule has 0 saturated carbocycles. The monoisotopic (exact) mass is 374 g/mol. The molecule has 0 radical (unpaired) electrons. The third kappa shape index (κ3) is 3.14. The Hall–Kier alpha value is -2.19. The second-order valence-corrected chi connectivity index (χ2v) is 8.73.